The van der Waals surface area contributed by atoms with Gasteiger partial charge in [-0.15, -0.1) is 5.10 Å². The third kappa shape index (κ3) is 4.05. The molecule has 0 spiro atoms. The van der Waals surface area contributed by atoms with Crippen LogP contribution >= 0.6 is 23.8 Å². The molecule has 21 heavy (non-hydrogen) atoms. The van der Waals surface area contributed by atoms with E-state index in [0.29, 0.717) is 16.4 Å². The van der Waals surface area contributed by atoms with Crippen molar-refractivity contribution in [1.29, 1.82) is 0 Å². The van der Waals surface area contributed by atoms with Crippen molar-refractivity contribution in [3.8, 4) is 0 Å². The lowest BCUT2D eigenvalue weighted by atomic mass is 10.1. The number of rotatable bonds is 6. The molecule has 1 aromatic carbocycles. The normalized spacial score (nSPS) is 10.3. The van der Waals surface area contributed by atoms with Crippen LogP contribution < -0.4 is 11.1 Å². The van der Waals surface area contributed by atoms with Gasteiger partial charge in [0, 0.05) is 12.1 Å². The number of carbonyl (C=O) groups excluding carboxylic acids is 1. The zero-order chi connectivity index (χ0) is 15.2. The minimum Gasteiger partial charge on any atom is -0.389 e. The number of aryl methyl sites for hydroxylation is 1. The van der Waals surface area contributed by atoms with Crippen LogP contribution in [0.25, 0.3) is 0 Å². The number of nitrogens with two attached hydrogens (primary N) is 1. The minimum atomic E-state index is -0.133. The topological polar surface area (TPSA) is 80.9 Å². The third-order valence-corrected chi connectivity index (χ3v) is 3.94. The molecule has 5 nitrogen and oxygen atoms in total. The summed E-state index contributed by atoms with van der Waals surface area (Å²) in [5, 5.41) is 6.87. The smallest absolute Gasteiger partial charge is 0.265 e. The highest BCUT2D eigenvalue weighted by molar-refractivity contribution is 7.80. The predicted molar refractivity (Wildman–Crippen MR) is 87.4 cm³/mol. The monoisotopic (exact) mass is 320 g/mol. The summed E-state index contributed by atoms with van der Waals surface area (Å²) in [4.78, 5) is 13.1. The molecule has 110 valence electrons. The van der Waals surface area contributed by atoms with E-state index in [1.807, 2.05) is 31.2 Å². The van der Waals surface area contributed by atoms with Crippen molar-refractivity contribution in [1.82, 2.24) is 14.9 Å². The molecule has 0 atom stereocenters. The molecule has 0 aliphatic carbocycles. The SMILES string of the molecule is CCCc1nnsc1C(=O)NCc1ccc(C(N)=S)cc1. The van der Waals surface area contributed by atoms with E-state index < -0.39 is 0 Å². The maximum atomic E-state index is 12.1. The van der Waals surface area contributed by atoms with Crippen LogP contribution in [0.5, 0.6) is 0 Å². The fourth-order valence-electron chi connectivity index (χ4n) is 1.83. The molecule has 0 bridgehead atoms. The molecule has 3 N–H and O–H groups in total. The Bertz CT molecular complexity index is 637. The first-order valence-corrected chi connectivity index (χ1v) is 7.78. The number of nitrogens with one attached hydrogen (secondary N) is 1. The van der Waals surface area contributed by atoms with E-state index in [9.17, 15) is 4.79 Å². The zero-order valence-corrected chi connectivity index (χ0v) is 13.3. The van der Waals surface area contributed by atoms with Gasteiger partial charge in [0.1, 0.15) is 9.87 Å². The molecule has 2 aromatic rings. The Hall–Kier alpha value is -1.86. The van der Waals surface area contributed by atoms with E-state index in [4.69, 9.17) is 18.0 Å². The highest BCUT2D eigenvalue weighted by Gasteiger charge is 2.15. The van der Waals surface area contributed by atoms with Gasteiger partial charge in [-0.05, 0) is 23.5 Å². The van der Waals surface area contributed by atoms with Gasteiger partial charge < -0.3 is 11.1 Å². The van der Waals surface area contributed by atoms with Crippen molar-refractivity contribution in [2.24, 2.45) is 5.73 Å². The molecule has 1 amide bonds. The van der Waals surface area contributed by atoms with E-state index in [1.54, 1.807) is 0 Å². The van der Waals surface area contributed by atoms with Gasteiger partial charge in [-0.2, -0.15) is 0 Å². The second kappa shape index (κ2) is 7.24. The van der Waals surface area contributed by atoms with Crippen molar-refractivity contribution in [3.63, 3.8) is 0 Å². The lowest BCUT2D eigenvalue weighted by Gasteiger charge is -2.05. The Kier molecular flexibility index (Phi) is 5.35. The molecule has 0 saturated carbocycles. The molecule has 0 unspecified atom stereocenters. The van der Waals surface area contributed by atoms with Gasteiger partial charge in [0.25, 0.3) is 5.91 Å². The molecule has 0 fully saturated rings. The molecule has 2 rings (SSSR count). The zero-order valence-electron chi connectivity index (χ0n) is 11.6. The number of hydrogen-bond acceptors (Lipinski definition) is 5. The third-order valence-electron chi connectivity index (χ3n) is 2.94. The standard InChI is InChI=1S/C14H16N4OS2/c1-2-3-11-12(21-18-17-11)14(19)16-8-9-4-6-10(7-5-9)13(15)20/h4-7H,2-3,8H2,1H3,(H2,15,20)(H,16,19). The molecule has 7 heteroatoms. The molecule has 0 saturated heterocycles. The number of aromatic nitrogens is 2. The van der Waals surface area contributed by atoms with E-state index in [0.717, 1.165) is 41.2 Å². The number of amides is 1. The Balaban J connectivity index is 1.97. The summed E-state index contributed by atoms with van der Waals surface area (Å²) in [6.07, 6.45) is 1.70. The number of carbonyl (C=O) groups is 1. The second-order valence-electron chi connectivity index (χ2n) is 4.54. The van der Waals surface area contributed by atoms with Gasteiger partial charge in [0.05, 0.1) is 5.69 Å². The first-order valence-electron chi connectivity index (χ1n) is 6.60. The first-order chi connectivity index (χ1) is 10.1. The van der Waals surface area contributed by atoms with Gasteiger partial charge in [-0.25, -0.2) is 0 Å². The van der Waals surface area contributed by atoms with Crippen molar-refractivity contribution in [2.45, 2.75) is 26.3 Å². The average Bonchev–Trinajstić information content (AvgIpc) is 2.94. The van der Waals surface area contributed by atoms with Crippen molar-refractivity contribution in [2.75, 3.05) is 0 Å². The average molecular weight is 320 g/mol. The minimum absolute atomic E-state index is 0.133. The summed E-state index contributed by atoms with van der Waals surface area (Å²) in [5.41, 5.74) is 8.11. The Morgan fingerprint density at radius 2 is 2.10 bits per heavy atom. The molecular formula is C14H16N4OS2. The van der Waals surface area contributed by atoms with Crippen LogP contribution in [-0.4, -0.2) is 20.5 Å². The second-order valence-corrected chi connectivity index (χ2v) is 5.74. The summed E-state index contributed by atoms with van der Waals surface area (Å²) in [7, 11) is 0. The molecule has 1 aromatic heterocycles. The predicted octanol–water partition coefficient (Wildman–Crippen LogP) is 2.05. The van der Waals surface area contributed by atoms with Gasteiger partial charge >= 0.3 is 0 Å². The summed E-state index contributed by atoms with van der Waals surface area (Å²) >= 11 is 6.03. The lowest BCUT2D eigenvalue weighted by molar-refractivity contribution is 0.0954. The number of nitrogens with zero attached hydrogens (tertiary/aromatic N) is 2. The summed E-state index contributed by atoms with van der Waals surface area (Å²) in [6, 6.07) is 7.49. The van der Waals surface area contributed by atoms with Gasteiger partial charge in [0.2, 0.25) is 0 Å². The maximum absolute atomic E-state index is 12.1. The largest absolute Gasteiger partial charge is 0.389 e. The van der Waals surface area contributed by atoms with E-state index in [-0.39, 0.29) is 5.91 Å². The van der Waals surface area contributed by atoms with E-state index in [2.05, 4.69) is 14.9 Å². The van der Waals surface area contributed by atoms with Crippen molar-refractivity contribution < 1.29 is 4.79 Å². The van der Waals surface area contributed by atoms with Crippen LogP contribution in [0, 0.1) is 0 Å². The highest BCUT2D eigenvalue weighted by atomic mass is 32.1. The number of benzene rings is 1. The van der Waals surface area contributed by atoms with Crippen LogP contribution in [0.15, 0.2) is 24.3 Å². The maximum Gasteiger partial charge on any atom is 0.265 e. The van der Waals surface area contributed by atoms with Crippen LogP contribution in [0.2, 0.25) is 0 Å². The Morgan fingerprint density at radius 3 is 2.71 bits per heavy atom. The lowest BCUT2D eigenvalue weighted by Crippen LogP contribution is -2.23. The molecule has 0 aliphatic heterocycles. The Morgan fingerprint density at radius 1 is 1.38 bits per heavy atom. The fourth-order valence-corrected chi connectivity index (χ4v) is 2.59. The molecule has 1 heterocycles. The summed E-state index contributed by atoms with van der Waals surface area (Å²) in [6.45, 7) is 2.49. The van der Waals surface area contributed by atoms with Crippen molar-refractivity contribution in [3.05, 3.63) is 46.0 Å². The van der Waals surface area contributed by atoms with Crippen molar-refractivity contribution >= 4 is 34.6 Å². The summed E-state index contributed by atoms with van der Waals surface area (Å²) < 4.78 is 3.85. The highest BCUT2D eigenvalue weighted by Crippen LogP contribution is 2.13. The van der Waals surface area contributed by atoms with Crippen LogP contribution in [0.4, 0.5) is 0 Å². The van der Waals surface area contributed by atoms with Crippen LogP contribution in [-0.2, 0) is 13.0 Å². The van der Waals surface area contributed by atoms with Crippen LogP contribution in [0.3, 0.4) is 0 Å². The van der Waals surface area contributed by atoms with E-state index in [1.165, 1.54) is 0 Å². The van der Waals surface area contributed by atoms with Gasteiger partial charge in [-0.1, -0.05) is 54.3 Å². The molecule has 0 aliphatic rings. The van der Waals surface area contributed by atoms with Gasteiger partial charge in [0.15, 0.2) is 0 Å². The summed E-state index contributed by atoms with van der Waals surface area (Å²) in [5.74, 6) is -0.133. The molecular weight excluding hydrogens is 304 g/mol. The van der Waals surface area contributed by atoms with Crippen LogP contribution in [0.1, 0.15) is 39.8 Å². The van der Waals surface area contributed by atoms with Gasteiger partial charge in [-0.3, -0.25) is 4.79 Å². The quantitative estimate of drug-likeness (QED) is 0.796. The number of thiocarbonyl (C=S) groups is 1. The first kappa shape index (κ1) is 15.5. The Labute approximate surface area is 132 Å². The molecule has 0 radical (unpaired) electrons. The van der Waals surface area contributed by atoms with E-state index >= 15 is 0 Å². The number of hydrogen-bond donors (Lipinski definition) is 2. The fraction of sp³-hybridized carbons (Fsp3) is 0.286.